The van der Waals surface area contributed by atoms with Gasteiger partial charge in [0.05, 0.1) is 23.0 Å². The van der Waals surface area contributed by atoms with Crippen LogP contribution in [0.3, 0.4) is 0 Å². The Morgan fingerprint density at radius 3 is 2.90 bits per heavy atom. The maximum absolute atomic E-state index is 11.0. The van der Waals surface area contributed by atoms with Gasteiger partial charge in [-0.1, -0.05) is 24.6 Å². The molecule has 2 aromatic rings. The Balaban J connectivity index is 2.43. The molecule has 112 valence electrons. The van der Waals surface area contributed by atoms with Crippen molar-refractivity contribution in [2.45, 2.75) is 25.1 Å². The van der Waals surface area contributed by atoms with Crippen LogP contribution < -0.4 is 4.74 Å². The molecule has 1 heterocycles. The predicted molar refractivity (Wildman–Crippen MR) is 76.4 cm³/mol. The molecule has 0 aliphatic carbocycles. The fourth-order valence-corrected chi connectivity index (χ4v) is 2.21. The summed E-state index contributed by atoms with van der Waals surface area (Å²) in [4.78, 5) is 14.7. The van der Waals surface area contributed by atoms with Crippen molar-refractivity contribution in [1.29, 1.82) is 0 Å². The Morgan fingerprint density at radius 1 is 1.52 bits per heavy atom. The zero-order chi connectivity index (χ0) is 15.4. The van der Waals surface area contributed by atoms with E-state index in [2.05, 4.69) is 10.1 Å². The van der Waals surface area contributed by atoms with Crippen LogP contribution in [0.25, 0.3) is 11.5 Å². The molecule has 1 unspecified atom stereocenters. The molecule has 0 aliphatic rings. The number of hydrogen-bond acceptors (Lipinski definition) is 6. The molecule has 0 aliphatic heterocycles. The molecule has 0 spiro atoms. The summed E-state index contributed by atoms with van der Waals surface area (Å²) in [7, 11) is 1.35. The highest BCUT2D eigenvalue weighted by Crippen LogP contribution is 2.37. The van der Waals surface area contributed by atoms with Crippen LogP contribution in [0.5, 0.6) is 5.75 Å². The SMILES string of the molecule is CCCC(Cl)c1noc(-c2cccc([N+](=O)[O-])c2OC)n1. The van der Waals surface area contributed by atoms with E-state index in [1.54, 1.807) is 6.07 Å². The van der Waals surface area contributed by atoms with Crippen LogP contribution in [0.15, 0.2) is 22.7 Å². The maximum atomic E-state index is 11.0. The lowest BCUT2D eigenvalue weighted by Crippen LogP contribution is -1.96. The van der Waals surface area contributed by atoms with Gasteiger partial charge in [0.15, 0.2) is 5.82 Å². The quantitative estimate of drug-likeness (QED) is 0.458. The van der Waals surface area contributed by atoms with E-state index >= 15 is 0 Å². The molecule has 0 amide bonds. The largest absolute Gasteiger partial charge is 0.490 e. The van der Waals surface area contributed by atoms with Gasteiger partial charge in [-0.2, -0.15) is 4.98 Å². The second-order valence-corrected chi connectivity index (χ2v) is 4.86. The molecule has 1 aromatic carbocycles. The van der Waals surface area contributed by atoms with E-state index in [0.29, 0.717) is 17.8 Å². The van der Waals surface area contributed by atoms with Gasteiger partial charge in [-0.3, -0.25) is 10.1 Å². The van der Waals surface area contributed by atoms with Crippen molar-refractivity contribution in [3.63, 3.8) is 0 Å². The monoisotopic (exact) mass is 311 g/mol. The zero-order valence-electron chi connectivity index (χ0n) is 11.6. The van der Waals surface area contributed by atoms with Crippen molar-refractivity contribution in [3.8, 4) is 17.2 Å². The standard InChI is InChI=1S/C13H14ClN3O4/c1-3-5-9(14)12-15-13(21-16-12)8-6-4-7-10(17(18)19)11(8)20-2/h4,6-7,9H,3,5H2,1-2H3. The number of aromatic nitrogens is 2. The molecular weight excluding hydrogens is 298 g/mol. The maximum Gasteiger partial charge on any atom is 0.311 e. The van der Waals surface area contributed by atoms with Crippen LogP contribution in [-0.4, -0.2) is 22.2 Å². The van der Waals surface area contributed by atoms with E-state index in [9.17, 15) is 10.1 Å². The molecule has 21 heavy (non-hydrogen) atoms. The number of halogens is 1. The number of para-hydroxylation sites is 1. The molecule has 0 saturated carbocycles. The van der Waals surface area contributed by atoms with Crippen LogP contribution in [-0.2, 0) is 0 Å². The Labute approximate surface area is 126 Å². The summed E-state index contributed by atoms with van der Waals surface area (Å²) in [6.07, 6.45) is 1.60. The average Bonchev–Trinajstić information content (AvgIpc) is 2.96. The van der Waals surface area contributed by atoms with Crippen molar-refractivity contribution in [2.75, 3.05) is 7.11 Å². The van der Waals surface area contributed by atoms with Crippen molar-refractivity contribution in [1.82, 2.24) is 10.1 Å². The van der Waals surface area contributed by atoms with Crippen molar-refractivity contribution >= 4 is 17.3 Å². The Kier molecular flexibility index (Phi) is 4.74. The number of benzene rings is 1. The number of hydrogen-bond donors (Lipinski definition) is 0. The zero-order valence-corrected chi connectivity index (χ0v) is 12.3. The van der Waals surface area contributed by atoms with E-state index in [-0.39, 0.29) is 22.7 Å². The molecule has 2 rings (SSSR count). The number of nitro benzene ring substituents is 1. The van der Waals surface area contributed by atoms with Crippen LogP contribution in [0.2, 0.25) is 0 Å². The Morgan fingerprint density at radius 2 is 2.29 bits per heavy atom. The highest BCUT2D eigenvalue weighted by molar-refractivity contribution is 6.20. The first-order chi connectivity index (χ1) is 10.1. The molecule has 0 bridgehead atoms. The number of alkyl halides is 1. The summed E-state index contributed by atoms with van der Waals surface area (Å²) in [6.45, 7) is 2.00. The van der Waals surface area contributed by atoms with Gasteiger partial charge in [-0.05, 0) is 12.5 Å². The first-order valence-corrected chi connectivity index (χ1v) is 6.81. The van der Waals surface area contributed by atoms with E-state index < -0.39 is 4.92 Å². The molecule has 0 fully saturated rings. The molecule has 0 N–H and O–H groups in total. The van der Waals surface area contributed by atoms with Crippen molar-refractivity contribution < 1.29 is 14.2 Å². The first-order valence-electron chi connectivity index (χ1n) is 6.37. The molecule has 1 aromatic heterocycles. The lowest BCUT2D eigenvalue weighted by atomic mass is 10.1. The van der Waals surface area contributed by atoms with Gasteiger partial charge < -0.3 is 9.26 Å². The minimum absolute atomic E-state index is 0.0827. The fraction of sp³-hybridized carbons (Fsp3) is 0.385. The van der Waals surface area contributed by atoms with Gasteiger partial charge in [-0.25, -0.2) is 0 Å². The summed E-state index contributed by atoms with van der Waals surface area (Å²) < 4.78 is 10.3. The topological polar surface area (TPSA) is 91.3 Å². The van der Waals surface area contributed by atoms with Gasteiger partial charge >= 0.3 is 5.69 Å². The average molecular weight is 312 g/mol. The number of methoxy groups -OCH3 is 1. The lowest BCUT2D eigenvalue weighted by molar-refractivity contribution is -0.385. The summed E-state index contributed by atoms with van der Waals surface area (Å²) >= 11 is 6.14. The van der Waals surface area contributed by atoms with Gasteiger partial charge in [0, 0.05) is 6.07 Å². The summed E-state index contributed by atoms with van der Waals surface area (Å²) in [6, 6.07) is 4.50. The highest BCUT2D eigenvalue weighted by atomic mass is 35.5. The summed E-state index contributed by atoms with van der Waals surface area (Å²) in [5.41, 5.74) is 0.205. The van der Waals surface area contributed by atoms with Crippen LogP contribution in [0.4, 0.5) is 5.69 Å². The smallest absolute Gasteiger partial charge is 0.311 e. The van der Waals surface area contributed by atoms with Gasteiger partial charge in [0.25, 0.3) is 5.89 Å². The number of ether oxygens (including phenoxy) is 1. The summed E-state index contributed by atoms with van der Waals surface area (Å²) in [5.74, 6) is 0.591. The van der Waals surface area contributed by atoms with Gasteiger partial charge in [0.2, 0.25) is 5.75 Å². The normalized spacial score (nSPS) is 12.1. The molecular formula is C13H14ClN3O4. The van der Waals surface area contributed by atoms with Crippen LogP contribution in [0, 0.1) is 10.1 Å². The molecule has 0 radical (unpaired) electrons. The molecule has 1 atom stereocenters. The second-order valence-electron chi connectivity index (χ2n) is 4.33. The van der Waals surface area contributed by atoms with E-state index in [1.165, 1.54) is 19.2 Å². The third-order valence-corrected chi connectivity index (χ3v) is 3.30. The molecule has 7 nitrogen and oxygen atoms in total. The molecule has 8 heteroatoms. The number of nitrogens with zero attached hydrogens (tertiary/aromatic N) is 3. The predicted octanol–water partition coefficient (Wildman–Crippen LogP) is 3.73. The lowest BCUT2D eigenvalue weighted by Gasteiger charge is -2.05. The van der Waals surface area contributed by atoms with Gasteiger partial charge in [-0.15, -0.1) is 11.6 Å². The Bertz CT molecular complexity index is 644. The number of rotatable bonds is 6. The third-order valence-electron chi connectivity index (χ3n) is 2.89. The first kappa shape index (κ1) is 15.2. The molecule has 0 saturated heterocycles. The summed E-state index contributed by atoms with van der Waals surface area (Å²) in [5, 5.41) is 14.5. The minimum Gasteiger partial charge on any atom is -0.490 e. The van der Waals surface area contributed by atoms with Crippen molar-refractivity contribution in [3.05, 3.63) is 34.1 Å². The third kappa shape index (κ3) is 3.13. The van der Waals surface area contributed by atoms with Gasteiger partial charge in [0.1, 0.15) is 0 Å². The second kappa shape index (κ2) is 6.53. The van der Waals surface area contributed by atoms with E-state index in [1.807, 2.05) is 6.92 Å². The van der Waals surface area contributed by atoms with Crippen LogP contribution in [0.1, 0.15) is 31.0 Å². The van der Waals surface area contributed by atoms with Crippen LogP contribution >= 0.6 is 11.6 Å². The minimum atomic E-state index is -0.527. The highest BCUT2D eigenvalue weighted by Gasteiger charge is 2.24. The van der Waals surface area contributed by atoms with E-state index in [0.717, 1.165) is 6.42 Å². The number of nitro groups is 1. The fourth-order valence-electron chi connectivity index (χ4n) is 1.91. The Hall–Kier alpha value is -2.15. The van der Waals surface area contributed by atoms with E-state index in [4.69, 9.17) is 20.9 Å². The van der Waals surface area contributed by atoms with Crippen molar-refractivity contribution in [2.24, 2.45) is 0 Å².